The van der Waals surface area contributed by atoms with Crippen LogP contribution in [0.3, 0.4) is 0 Å². The maximum Gasteiger partial charge on any atom is 0.265 e. The van der Waals surface area contributed by atoms with Gasteiger partial charge in [-0.15, -0.1) is 18.0 Å². The number of anilines is 3. The standard InChI is InChI=1S/C18H17FN4O2S.C14H20ClNO2.C11H11Cl2NO2/c1-4-5-22-13-7-12(11(19)6-14(13)25-9-16(22)24)20-17-23-10-18(2,3)8-15(23)21-26-17;1-4-11-7-6-8-12(5-2)14(11)16(10-18-3)13(17)9-15;1-7-6-16-9-5-3-2-4-8(9)14(7)11(15)10(12)13/h1,6-7H,5,8-10H2,2-3H3;6-8H,4-5,9-10H2,1-3H3;2-5,7,10H,6H2,1H3/b20-17-;;. The van der Waals surface area contributed by atoms with Crippen LogP contribution < -0.4 is 29.0 Å². The number of aryl methyl sites for hydroxylation is 2. The maximum absolute atomic E-state index is 14.5. The summed E-state index contributed by atoms with van der Waals surface area (Å²) in [5.41, 5.74) is 4.64. The Hall–Kier alpha value is -4.65. The summed E-state index contributed by atoms with van der Waals surface area (Å²) in [6.45, 7) is 11.8. The number of carbonyl (C=O) groups is 3. The van der Waals surface area contributed by atoms with Gasteiger partial charge in [0.15, 0.2) is 17.3 Å². The van der Waals surface area contributed by atoms with Gasteiger partial charge in [0.25, 0.3) is 11.8 Å². The lowest BCUT2D eigenvalue weighted by molar-refractivity contribution is -0.121. The van der Waals surface area contributed by atoms with E-state index in [0.717, 1.165) is 54.1 Å². The third-order valence-corrected chi connectivity index (χ3v) is 11.2. The Labute approximate surface area is 368 Å². The van der Waals surface area contributed by atoms with E-state index in [4.69, 9.17) is 55.4 Å². The number of hydrogen-bond donors (Lipinski definition) is 0. The molecule has 60 heavy (non-hydrogen) atoms. The summed E-state index contributed by atoms with van der Waals surface area (Å²) < 4.78 is 37.0. The first-order valence-corrected chi connectivity index (χ1v) is 21.5. The molecule has 0 aliphatic carbocycles. The summed E-state index contributed by atoms with van der Waals surface area (Å²) in [6, 6.07) is 16.1. The molecule has 3 aromatic carbocycles. The zero-order chi connectivity index (χ0) is 43.7. The fraction of sp³-hybridized carbons (Fsp3) is 0.419. The highest BCUT2D eigenvalue weighted by atomic mass is 35.5. The first-order chi connectivity index (χ1) is 28.7. The van der Waals surface area contributed by atoms with E-state index in [-0.39, 0.29) is 60.6 Å². The Morgan fingerprint density at radius 1 is 1.10 bits per heavy atom. The second-order valence-corrected chi connectivity index (χ2v) is 16.9. The molecule has 12 nitrogen and oxygen atoms in total. The van der Waals surface area contributed by atoms with E-state index in [2.05, 4.69) is 43.0 Å². The van der Waals surface area contributed by atoms with Crippen molar-refractivity contribution in [1.82, 2.24) is 8.94 Å². The van der Waals surface area contributed by atoms with Gasteiger partial charge in [0, 0.05) is 37.7 Å². The van der Waals surface area contributed by atoms with Crippen molar-refractivity contribution in [2.45, 2.75) is 71.3 Å². The third-order valence-electron chi connectivity index (χ3n) is 9.81. The van der Waals surface area contributed by atoms with Gasteiger partial charge in [-0.05, 0) is 54.5 Å². The molecular formula is C43H48Cl3FN6O6S. The number of hydrogen-bond acceptors (Lipinski definition) is 9. The lowest BCUT2D eigenvalue weighted by Crippen LogP contribution is -2.47. The fourth-order valence-corrected chi connectivity index (χ4v) is 8.12. The Kier molecular flexibility index (Phi) is 16.0. The first-order valence-electron chi connectivity index (χ1n) is 19.3. The number of ether oxygens (including phenoxy) is 3. The van der Waals surface area contributed by atoms with Crippen molar-refractivity contribution >= 4 is 86.8 Å². The summed E-state index contributed by atoms with van der Waals surface area (Å²) in [5.74, 6) is 3.12. The monoisotopic (exact) mass is 900 g/mol. The molecule has 7 rings (SSSR count). The van der Waals surface area contributed by atoms with Gasteiger partial charge in [-0.1, -0.05) is 87.1 Å². The van der Waals surface area contributed by atoms with E-state index in [0.29, 0.717) is 28.6 Å². The van der Waals surface area contributed by atoms with Crippen LogP contribution >= 0.6 is 46.3 Å². The minimum absolute atomic E-state index is 0.0371. The first kappa shape index (κ1) is 46.4. The van der Waals surface area contributed by atoms with E-state index in [1.165, 1.54) is 28.6 Å². The second kappa shape index (κ2) is 20.7. The number of amides is 3. The summed E-state index contributed by atoms with van der Waals surface area (Å²) in [5, 5.41) is 0. The van der Waals surface area contributed by atoms with E-state index in [1.807, 2.05) is 54.0 Å². The molecule has 1 aromatic heterocycles. The zero-order valence-electron chi connectivity index (χ0n) is 34.3. The molecule has 3 aliphatic heterocycles. The third kappa shape index (κ3) is 10.6. The van der Waals surface area contributed by atoms with Crippen molar-refractivity contribution in [3.63, 3.8) is 0 Å². The molecule has 1 atom stereocenters. The Morgan fingerprint density at radius 2 is 1.80 bits per heavy atom. The minimum atomic E-state index is -1.05. The average molecular weight is 902 g/mol. The highest BCUT2D eigenvalue weighted by Gasteiger charge is 2.33. The van der Waals surface area contributed by atoms with Crippen LogP contribution in [-0.2, 0) is 44.9 Å². The summed E-state index contributed by atoms with van der Waals surface area (Å²) in [4.78, 5) is 44.6. The summed E-state index contributed by atoms with van der Waals surface area (Å²) >= 11 is 18.2. The molecule has 4 heterocycles. The summed E-state index contributed by atoms with van der Waals surface area (Å²) in [7, 11) is 1.58. The van der Waals surface area contributed by atoms with Crippen molar-refractivity contribution < 1.29 is 33.0 Å². The largest absolute Gasteiger partial charge is 0.489 e. The number of para-hydroxylation sites is 3. The van der Waals surface area contributed by atoms with Crippen LogP contribution in [0.5, 0.6) is 11.5 Å². The number of carbonyl (C=O) groups excluding carboxylic acids is 3. The molecule has 4 aromatic rings. The lowest BCUT2D eigenvalue weighted by Gasteiger charge is -2.35. The van der Waals surface area contributed by atoms with Crippen LogP contribution in [0.25, 0.3) is 0 Å². The van der Waals surface area contributed by atoms with E-state index in [1.54, 1.807) is 16.9 Å². The van der Waals surface area contributed by atoms with Crippen LogP contribution in [-0.4, -0.2) is 77.0 Å². The van der Waals surface area contributed by atoms with Crippen LogP contribution in [0.15, 0.2) is 59.6 Å². The molecule has 3 amide bonds. The minimum Gasteiger partial charge on any atom is -0.489 e. The highest BCUT2D eigenvalue weighted by Crippen LogP contribution is 2.38. The number of alkyl halides is 3. The van der Waals surface area contributed by atoms with Crippen molar-refractivity contribution in [3.05, 3.63) is 82.2 Å². The second-order valence-electron chi connectivity index (χ2n) is 14.8. The van der Waals surface area contributed by atoms with Gasteiger partial charge in [0.1, 0.15) is 42.2 Å². The van der Waals surface area contributed by atoms with Gasteiger partial charge in [-0.3, -0.25) is 24.2 Å². The molecule has 0 spiro atoms. The maximum atomic E-state index is 14.5. The predicted octanol–water partition coefficient (Wildman–Crippen LogP) is 7.85. The molecule has 1 unspecified atom stereocenters. The zero-order valence-corrected chi connectivity index (χ0v) is 37.4. The van der Waals surface area contributed by atoms with Crippen molar-refractivity contribution in [3.8, 4) is 23.8 Å². The Morgan fingerprint density at radius 3 is 2.43 bits per heavy atom. The number of rotatable bonds is 9. The molecule has 0 bridgehead atoms. The number of benzene rings is 3. The van der Waals surface area contributed by atoms with Gasteiger partial charge >= 0.3 is 0 Å². The quantitative estimate of drug-likeness (QED) is 0.0955. The van der Waals surface area contributed by atoms with Crippen LogP contribution in [0.4, 0.5) is 27.1 Å². The number of terminal acetylenes is 1. The molecule has 0 radical (unpaired) electrons. The van der Waals surface area contributed by atoms with E-state index in [9.17, 15) is 18.8 Å². The molecule has 0 saturated carbocycles. The Balaban J connectivity index is 0.000000178. The Bertz CT molecular complexity index is 2290. The summed E-state index contributed by atoms with van der Waals surface area (Å²) in [6.07, 6.45) is 7.96. The van der Waals surface area contributed by atoms with Crippen molar-refractivity contribution in [2.75, 3.05) is 54.2 Å². The van der Waals surface area contributed by atoms with Gasteiger partial charge in [0.05, 0.1) is 29.6 Å². The smallest absolute Gasteiger partial charge is 0.265 e. The van der Waals surface area contributed by atoms with Gasteiger partial charge in [-0.2, -0.15) is 4.37 Å². The van der Waals surface area contributed by atoms with Crippen LogP contribution in [0.1, 0.15) is 51.6 Å². The molecule has 0 fully saturated rings. The highest BCUT2D eigenvalue weighted by molar-refractivity contribution is 7.02. The fourth-order valence-electron chi connectivity index (χ4n) is 7.01. The number of nitrogens with zero attached hydrogens (tertiary/aromatic N) is 6. The van der Waals surface area contributed by atoms with Crippen LogP contribution in [0, 0.1) is 23.6 Å². The van der Waals surface area contributed by atoms with Gasteiger partial charge in [-0.25, -0.2) is 9.38 Å². The molecule has 0 saturated heterocycles. The van der Waals surface area contributed by atoms with Crippen molar-refractivity contribution in [2.24, 2.45) is 10.4 Å². The van der Waals surface area contributed by atoms with Crippen LogP contribution in [0.2, 0.25) is 0 Å². The van der Waals surface area contributed by atoms with Gasteiger partial charge in [0.2, 0.25) is 10.7 Å². The molecule has 0 N–H and O–H groups in total. The molecule has 3 aliphatic rings. The number of methoxy groups -OCH3 is 1. The average Bonchev–Trinajstić information content (AvgIpc) is 3.75. The number of fused-ring (bicyclic) bond motifs is 3. The topological polar surface area (TPSA) is 119 Å². The predicted molar refractivity (Wildman–Crippen MR) is 236 cm³/mol. The lowest BCUT2D eigenvalue weighted by atomic mass is 9.92. The van der Waals surface area contributed by atoms with Gasteiger partial charge < -0.3 is 23.7 Å². The normalized spacial score (nSPS) is 16.2. The van der Waals surface area contributed by atoms with Crippen molar-refractivity contribution in [1.29, 1.82) is 0 Å². The van der Waals surface area contributed by atoms with E-state index < -0.39 is 10.7 Å². The number of aromatic nitrogens is 2. The SMILES string of the molecule is C#CCN1C(=O)COc2cc(F)c(/N=c3\snc4n3CC(C)(C)C4)cc21.CC1COc2ccccc2N1C(=O)C(Cl)Cl.CCc1cccc(CC)c1N(COC)C(=O)CCl. The van der Waals surface area contributed by atoms with E-state index >= 15 is 0 Å². The number of halogens is 4. The molecule has 320 valence electrons. The molecule has 17 heteroatoms. The molecular weight excluding hydrogens is 854 g/mol.